The molecule has 0 saturated heterocycles. The van der Waals surface area contributed by atoms with E-state index in [4.69, 9.17) is 10.5 Å². The molecule has 0 radical (unpaired) electrons. The number of esters is 1. The second-order valence-corrected chi connectivity index (χ2v) is 6.68. The van der Waals surface area contributed by atoms with Gasteiger partial charge < -0.3 is 10.5 Å². The maximum Gasteiger partial charge on any atom is 0.313 e. The molecular formula is C18H25N3O2. The van der Waals surface area contributed by atoms with Crippen LogP contribution < -0.4 is 5.73 Å². The standard InChI is InChI=1S/C18H25N3O2/c1-6-23-17(22)12(2)13-7-9-14(10-8-13)21-16(19)11-15(20-21)18(3,4)5/h7-12H,6,19H2,1-5H3. The quantitative estimate of drug-likeness (QED) is 0.878. The summed E-state index contributed by atoms with van der Waals surface area (Å²) in [4.78, 5) is 11.8. The van der Waals surface area contributed by atoms with Gasteiger partial charge in [-0.1, -0.05) is 32.9 Å². The number of hydrogen-bond acceptors (Lipinski definition) is 4. The molecule has 0 aliphatic carbocycles. The van der Waals surface area contributed by atoms with Crippen LogP contribution in [0.4, 0.5) is 5.82 Å². The zero-order valence-electron chi connectivity index (χ0n) is 14.5. The van der Waals surface area contributed by atoms with Crippen LogP contribution >= 0.6 is 0 Å². The first-order chi connectivity index (χ1) is 10.7. The molecule has 2 N–H and O–H groups in total. The van der Waals surface area contributed by atoms with E-state index in [2.05, 4.69) is 25.9 Å². The molecule has 23 heavy (non-hydrogen) atoms. The molecule has 0 fully saturated rings. The van der Waals surface area contributed by atoms with Crippen LogP contribution in [-0.4, -0.2) is 22.4 Å². The van der Waals surface area contributed by atoms with Gasteiger partial charge in [-0.15, -0.1) is 0 Å². The predicted molar refractivity (Wildman–Crippen MR) is 91.7 cm³/mol. The number of nitrogens with two attached hydrogens (primary N) is 1. The highest BCUT2D eigenvalue weighted by atomic mass is 16.5. The molecule has 0 aliphatic rings. The van der Waals surface area contributed by atoms with Crippen LogP contribution in [-0.2, 0) is 14.9 Å². The van der Waals surface area contributed by atoms with E-state index in [1.165, 1.54) is 0 Å². The summed E-state index contributed by atoms with van der Waals surface area (Å²) in [6.07, 6.45) is 0. The SMILES string of the molecule is CCOC(=O)C(C)c1ccc(-n2nc(C(C)(C)C)cc2N)cc1. The van der Waals surface area contributed by atoms with Gasteiger partial charge in [0.25, 0.3) is 0 Å². The Morgan fingerprint density at radius 2 is 1.91 bits per heavy atom. The number of ether oxygens (including phenoxy) is 1. The minimum atomic E-state index is -0.288. The number of nitrogen functional groups attached to an aromatic ring is 1. The highest BCUT2D eigenvalue weighted by molar-refractivity contribution is 5.77. The number of rotatable bonds is 4. The Hall–Kier alpha value is -2.30. The van der Waals surface area contributed by atoms with Crippen LogP contribution in [0.25, 0.3) is 5.69 Å². The van der Waals surface area contributed by atoms with Gasteiger partial charge in [-0.3, -0.25) is 4.79 Å². The third-order valence-electron chi connectivity index (χ3n) is 3.78. The van der Waals surface area contributed by atoms with Crippen molar-refractivity contribution in [3.05, 3.63) is 41.6 Å². The van der Waals surface area contributed by atoms with Crippen LogP contribution in [0.1, 0.15) is 51.8 Å². The van der Waals surface area contributed by atoms with Crippen LogP contribution in [0.3, 0.4) is 0 Å². The van der Waals surface area contributed by atoms with Gasteiger partial charge in [0.1, 0.15) is 5.82 Å². The van der Waals surface area contributed by atoms with Gasteiger partial charge >= 0.3 is 5.97 Å². The van der Waals surface area contributed by atoms with Crippen molar-refractivity contribution in [1.82, 2.24) is 9.78 Å². The van der Waals surface area contributed by atoms with E-state index >= 15 is 0 Å². The lowest BCUT2D eigenvalue weighted by Gasteiger charge is -2.14. The predicted octanol–water partition coefficient (Wildman–Crippen LogP) is 3.42. The molecule has 0 amide bonds. The van der Waals surface area contributed by atoms with Crippen molar-refractivity contribution < 1.29 is 9.53 Å². The zero-order chi connectivity index (χ0) is 17.2. The van der Waals surface area contributed by atoms with Crippen molar-refractivity contribution in [2.45, 2.75) is 46.0 Å². The fourth-order valence-electron chi connectivity index (χ4n) is 2.28. The van der Waals surface area contributed by atoms with E-state index < -0.39 is 0 Å². The Morgan fingerprint density at radius 1 is 1.30 bits per heavy atom. The van der Waals surface area contributed by atoms with E-state index in [0.29, 0.717) is 12.4 Å². The molecule has 0 aliphatic heterocycles. The van der Waals surface area contributed by atoms with Crippen LogP contribution in [0.15, 0.2) is 30.3 Å². The number of carbonyl (C=O) groups is 1. The molecule has 0 spiro atoms. The number of carbonyl (C=O) groups excluding carboxylic acids is 1. The van der Waals surface area contributed by atoms with E-state index in [1.807, 2.05) is 37.3 Å². The summed E-state index contributed by atoms with van der Waals surface area (Å²) in [6, 6.07) is 9.56. The molecular weight excluding hydrogens is 290 g/mol. The van der Waals surface area contributed by atoms with Gasteiger partial charge in [0, 0.05) is 11.5 Å². The minimum Gasteiger partial charge on any atom is -0.466 e. The largest absolute Gasteiger partial charge is 0.466 e. The normalized spacial score (nSPS) is 12.9. The van der Waals surface area contributed by atoms with Gasteiger partial charge in [-0.25, -0.2) is 4.68 Å². The van der Waals surface area contributed by atoms with E-state index in [1.54, 1.807) is 11.6 Å². The maximum absolute atomic E-state index is 11.8. The van der Waals surface area contributed by atoms with Crippen LogP contribution in [0, 0.1) is 0 Å². The Labute approximate surface area is 137 Å². The lowest BCUT2D eigenvalue weighted by atomic mass is 9.92. The monoisotopic (exact) mass is 315 g/mol. The molecule has 0 bridgehead atoms. The Morgan fingerprint density at radius 3 is 2.39 bits per heavy atom. The summed E-state index contributed by atoms with van der Waals surface area (Å²) < 4.78 is 6.78. The number of nitrogens with zero attached hydrogens (tertiary/aromatic N) is 2. The topological polar surface area (TPSA) is 70.1 Å². The highest BCUT2D eigenvalue weighted by Gasteiger charge is 2.20. The summed E-state index contributed by atoms with van der Waals surface area (Å²) in [7, 11) is 0. The molecule has 1 unspecified atom stereocenters. The van der Waals surface area contributed by atoms with Gasteiger partial charge in [-0.05, 0) is 31.5 Å². The van der Waals surface area contributed by atoms with Crippen molar-refractivity contribution in [2.75, 3.05) is 12.3 Å². The zero-order valence-corrected chi connectivity index (χ0v) is 14.5. The Bertz CT molecular complexity index is 681. The number of benzene rings is 1. The van der Waals surface area contributed by atoms with Crippen molar-refractivity contribution in [3.8, 4) is 5.69 Å². The van der Waals surface area contributed by atoms with Crippen molar-refractivity contribution in [1.29, 1.82) is 0 Å². The van der Waals surface area contributed by atoms with E-state index in [9.17, 15) is 4.79 Å². The van der Waals surface area contributed by atoms with Crippen LogP contribution in [0.5, 0.6) is 0 Å². The second kappa shape index (κ2) is 6.44. The average Bonchev–Trinajstić information content (AvgIpc) is 2.89. The molecule has 1 aromatic heterocycles. The van der Waals surface area contributed by atoms with Crippen molar-refractivity contribution in [2.24, 2.45) is 0 Å². The fourth-order valence-corrected chi connectivity index (χ4v) is 2.28. The van der Waals surface area contributed by atoms with Crippen molar-refractivity contribution >= 4 is 11.8 Å². The molecule has 2 rings (SSSR count). The van der Waals surface area contributed by atoms with Crippen LogP contribution in [0.2, 0.25) is 0 Å². The fraction of sp³-hybridized carbons (Fsp3) is 0.444. The average molecular weight is 315 g/mol. The molecule has 2 aromatic rings. The smallest absolute Gasteiger partial charge is 0.313 e. The van der Waals surface area contributed by atoms with Crippen molar-refractivity contribution in [3.63, 3.8) is 0 Å². The lowest BCUT2D eigenvalue weighted by Crippen LogP contribution is -2.13. The third kappa shape index (κ3) is 3.73. The molecule has 1 aromatic carbocycles. The highest BCUT2D eigenvalue weighted by Crippen LogP contribution is 2.25. The van der Waals surface area contributed by atoms with Gasteiger partial charge in [0.2, 0.25) is 0 Å². The summed E-state index contributed by atoms with van der Waals surface area (Å²) in [5.74, 6) is 0.0964. The van der Waals surface area contributed by atoms with E-state index in [0.717, 1.165) is 16.9 Å². The minimum absolute atomic E-state index is 0.0578. The second-order valence-electron chi connectivity index (χ2n) is 6.68. The molecule has 124 valence electrons. The summed E-state index contributed by atoms with van der Waals surface area (Å²) >= 11 is 0. The first-order valence-corrected chi connectivity index (χ1v) is 7.87. The molecule has 5 nitrogen and oxygen atoms in total. The number of aromatic nitrogens is 2. The molecule has 0 saturated carbocycles. The number of hydrogen-bond donors (Lipinski definition) is 1. The summed E-state index contributed by atoms with van der Waals surface area (Å²) in [6.45, 7) is 10.3. The first-order valence-electron chi connectivity index (χ1n) is 7.87. The number of anilines is 1. The van der Waals surface area contributed by atoms with E-state index in [-0.39, 0.29) is 17.3 Å². The third-order valence-corrected chi connectivity index (χ3v) is 3.78. The summed E-state index contributed by atoms with van der Waals surface area (Å²) in [5, 5.41) is 4.59. The lowest BCUT2D eigenvalue weighted by molar-refractivity contribution is -0.144. The first kappa shape index (κ1) is 17.1. The Kier molecular flexibility index (Phi) is 4.78. The van der Waals surface area contributed by atoms with Gasteiger partial charge in [-0.2, -0.15) is 5.10 Å². The van der Waals surface area contributed by atoms with Gasteiger partial charge in [0.15, 0.2) is 0 Å². The molecule has 1 atom stereocenters. The molecule has 5 heteroatoms. The van der Waals surface area contributed by atoms with Gasteiger partial charge in [0.05, 0.1) is 23.9 Å². The maximum atomic E-state index is 11.8. The molecule has 1 heterocycles. The summed E-state index contributed by atoms with van der Waals surface area (Å²) in [5.41, 5.74) is 8.75. The Balaban J connectivity index is 2.27.